The molecule has 1 aliphatic carbocycles. The molecule has 2 amide bonds. The number of nitrogens with one attached hydrogen (secondary N) is 1. The van der Waals surface area contributed by atoms with E-state index in [-0.39, 0.29) is 11.7 Å². The lowest BCUT2D eigenvalue weighted by molar-refractivity contribution is 0.0690. The Hall–Kier alpha value is -2.37. The van der Waals surface area contributed by atoms with Crippen molar-refractivity contribution in [1.29, 1.82) is 0 Å². The number of carboxylic acids is 1. The average molecular weight is 275 g/mol. The van der Waals surface area contributed by atoms with Crippen LogP contribution < -0.4 is 5.32 Å². The minimum absolute atomic E-state index is 0.00802. The Morgan fingerprint density at radius 3 is 2.75 bits per heavy atom. The molecule has 2 rings (SSSR count). The van der Waals surface area contributed by atoms with Gasteiger partial charge in [-0.25, -0.2) is 14.6 Å². The van der Waals surface area contributed by atoms with Gasteiger partial charge in [0.25, 0.3) is 0 Å². The predicted octanol–water partition coefficient (Wildman–Crippen LogP) is 1.64. The van der Waals surface area contributed by atoms with Crippen molar-refractivity contribution in [1.82, 2.24) is 15.2 Å². The van der Waals surface area contributed by atoms with Crippen LogP contribution in [0.3, 0.4) is 0 Å². The monoisotopic (exact) mass is 275 g/mol. The zero-order chi connectivity index (χ0) is 14.5. The summed E-state index contributed by atoms with van der Waals surface area (Å²) in [6.07, 6.45) is 5.24. The molecule has 106 valence electrons. The molecule has 1 aliphatic rings. The van der Waals surface area contributed by atoms with Crippen molar-refractivity contribution in [2.75, 3.05) is 6.54 Å². The maximum atomic E-state index is 12.0. The summed E-state index contributed by atoms with van der Waals surface area (Å²) in [4.78, 5) is 28.2. The third kappa shape index (κ3) is 3.57. The van der Waals surface area contributed by atoms with Crippen LogP contribution in [-0.2, 0) is 6.54 Å². The number of pyridine rings is 1. The quantitative estimate of drug-likeness (QED) is 0.773. The summed E-state index contributed by atoms with van der Waals surface area (Å²) in [6.45, 7) is 4.51. The van der Waals surface area contributed by atoms with Gasteiger partial charge in [-0.3, -0.25) is 0 Å². The summed E-state index contributed by atoms with van der Waals surface area (Å²) in [5.74, 6) is -1.06. The second-order valence-corrected chi connectivity index (χ2v) is 4.69. The Bertz CT molecular complexity index is 509. The van der Waals surface area contributed by atoms with E-state index < -0.39 is 5.97 Å². The molecule has 0 spiro atoms. The smallest absolute Gasteiger partial charge is 0.354 e. The Morgan fingerprint density at radius 2 is 2.25 bits per heavy atom. The molecule has 1 fully saturated rings. The van der Waals surface area contributed by atoms with Crippen molar-refractivity contribution in [3.8, 4) is 0 Å². The van der Waals surface area contributed by atoms with Gasteiger partial charge in [-0.2, -0.15) is 0 Å². The summed E-state index contributed by atoms with van der Waals surface area (Å²) in [5.41, 5.74) is 0.754. The van der Waals surface area contributed by atoms with Crippen LogP contribution in [0, 0.1) is 0 Å². The normalized spacial score (nSPS) is 13.6. The molecule has 0 radical (unpaired) electrons. The standard InChI is InChI=1S/C14H17N3O3/c1-2-7-17(11-4-5-11)14(20)16-9-10-3-6-12(13(18)19)15-8-10/h2-3,6,8,11H,1,4-5,7,9H2,(H,16,20)(H,18,19). The molecule has 20 heavy (non-hydrogen) atoms. The molecule has 1 saturated carbocycles. The van der Waals surface area contributed by atoms with Crippen LogP contribution in [0.5, 0.6) is 0 Å². The van der Waals surface area contributed by atoms with E-state index in [0.29, 0.717) is 19.1 Å². The highest BCUT2D eigenvalue weighted by atomic mass is 16.4. The molecule has 0 atom stereocenters. The van der Waals surface area contributed by atoms with E-state index >= 15 is 0 Å². The second kappa shape index (κ2) is 6.18. The summed E-state index contributed by atoms with van der Waals surface area (Å²) in [7, 11) is 0. The number of carbonyl (C=O) groups excluding carboxylic acids is 1. The molecule has 6 nitrogen and oxygen atoms in total. The fourth-order valence-corrected chi connectivity index (χ4v) is 1.86. The predicted molar refractivity (Wildman–Crippen MR) is 73.4 cm³/mol. The number of urea groups is 1. The third-order valence-corrected chi connectivity index (χ3v) is 3.06. The fourth-order valence-electron chi connectivity index (χ4n) is 1.86. The van der Waals surface area contributed by atoms with E-state index in [0.717, 1.165) is 18.4 Å². The Morgan fingerprint density at radius 1 is 1.50 bits per heavy atom. The number of aromatic carboxylic acids is 1. The van der Waals surface area contributed by atoms with Gasteiger partial charge in [-0.05, 0) is 24.5 Å². The first kappa shape index (κ1) is 14.0. The van der Waals surface area contributed by atoms with Gasteiger partial charge >= 0.3 is 12.0 Å². The van der Waals surface area contributed by atoms with Crippen LogP contribution in [0.1, 0.15) is 28.9 Å². The van der Waals surface area contributed by atoms with Crippen molar-refractivity contribution in [3.63, 3.8) is 0 Å². The molecule has 0 saturated heterocycles. The molecule has 1 heterocycles. The summed E-state index contributed by atoms with van der Waals surface area (Å²) < 4.78 is 0. The Balaban J connectivity index is 1.88. The first-order valence-electron chi connectivity index (χ1n) is 6.45. The molecule has 2 N–H and O–H groups in total. The van der Waals surface area contributed by atoms with Crippen molar-refractivity contribution >= 4 is 12.0 Å². The minimum atomic E-state index is -1.06. The van der Waals surface area contributed by atoms with Crippen LogP contribution in [-0.4, -0.2) is 39.6 Å². The maximum Gasteiger partial charge on any atom is 0.354 e. The summed E-state index contributed by atoms with van der Waals surface area (Å²) in [5, 5.41) is 11.6. The SMILES string of the molecule is C=CCN(C(=O)NCc1ccc(C(=O)O)nc1)C1CC1. The number of amides is 2. The number of aromatic nitrogens is 1. The largest absolute Gasteiger partial charge is 0.477 e. The summed E-state index contributed by atoms with van der Waals surface area (Å²) >= 11 is 0. The van der Waals surface area contributed by atoms with Crippen molar-refractivity contribution in [3.05, 3.63) is 42.2 Å². The van der Waals surface area contributed by atoms with Crippen molar-refractivity contribution in [2.24, 2.45) is 0 Å². The first-order valence-corrected chi connectivity index (χ1v) is 6.45. The molecule has 0 aromatic carbocycles. The molecule has 6 heteroatoms. The highest BCUT2D eigenvalue weighted by molar-refractivity contribution is 5.85. The average Bonchev–Trinajstić information content (AvgIpc) is 3.27. The van der Waals surface area contributed by atoms with Crippen LogP contribution in [0.4, 0.5) is 4.79 Å². The third-order valence-electron chi connectivity index (χ3n) is 3.06. The highest BCUT2D eigenvalue weighted by Crippen LogP contribution is 2.26. The number of carboxylic acid groups (broad SMARTS) is 1. The molecule has 1 aromatic rings. The lowest BCUT2D eigenvalue weighted by atomic mass is 10.2. The molecule has 1 aromatic heterocycles. The van der Waals surface area contributed by atoms with Crippen LogP contribution in [0.25, 0.3) is 0 Å². The minimum Gasteiger partial charge on any atom is -0.477 e. The van der Waals surface area contributed by atoms with E-state index in [1.807, 2.05) is 0 Å². The molecular weight excluding hydrogens is 258 g/mol. The summed E-state index contributed by atoms with van der Waals surface area (Å²) in [6, 6.07) is 3.26. The lowest BCUT2D eigenvalue weighted by Gasteiger charge is -2.21. The van der Waals surface area contributed by atoms with Crippen LogP contribution in [0.15, 0.2) is 31.0 Å². The van der Waals surface area contributed by atoms with Gasteiger partial charge in [0.2, 0.25) is 0 Å². The van der Waals surface area contributed by atoms with E-state index in [4.69, 9.17) is 5.11 Å². The Kier molecular flexibility index (Phi) is 4.34. The van der Waals surface area contributed by atoms with E-state index in [1.165, 1.54) is 12.3 Å². The van der Waals surface area contributed by atoms with E-state index in [9.17, 15) is 9.59 Å². The van der Waals surface area contributed by atoms with Crippen molar-refractivity contribution in [2.45, 2.75) is 25.4 Å². The number of rotatable bonds is 6. The van der Waals surface area contributed by atoms with E-state index in [1.54, 1.807) is 17.0 Å². The van der Waals surface area contributed by atoms with Gasteiger partial charge in [0, 0.05) is 25.3 Å². The molecular formula is C14H17N3O3. The van der Waals surface area contributed by atoms with Gasteiger partial charge in [0.1, 0.15) is 5.69 Å². The number of nitrogens with zero attached hydrogens (tertiary/aromatic N) is 2. The number of hydrogen-bond acceptors (Lipinski definition) is 3. The van der Waals surface area contributed by atoms with Crippen LogP contribution in [0.2, 0.25) is 0 Å². The van der Waals surface area contributed by atoms with Gasteiger partial charge in [0.15, 0.2) is 0 Å². The first-order chi connectivity index (χ1) is 9.61. The van der Waals surface area contributed by atoms with Crippen LogP contribution >= 0.6 is 0 Å². The zero-order valence-electron chi connectivity index (χ0n) is 11.1. The highest BCUT2D eigenvalue weighted by Gasteiger charge is 2.31. The fraction of sp³-hybridized carbons (Fsp3) is 0.357. The van der Waals surface area contributed by atoms with Gasteiger partial charge in [-0.1, -0.05) is 12.1 Å². The van der Waals surface area contributed by atoms with Crippen molar-refractivity contribution < 1.29 is 14.7 Å². The number of hydrogen-bond donors (Lipinski definition) is 2. The molecule has 0 aliphatic heterocycles. The topological polar surface area (TPSA) is 82.5 Å². The number of carbonyl (C=O) groups is 2. The Labute approximate surface area is 117 Å². The van der Waals surface area contributed by atoms with Gasteiger partial charge in [0.05, 0.1) is 0 Å². The zero-order valence-corrected chi connectivity index (χ0v) is 11.1. The van der Waals surface area contributed by atoms with Gasteiger partial charge < -0.3 is 15.3 Å². The second-order valence-electron chi connectivity index (χ2n) is 4.69. The van der Waals surface area contributed by atoms with Gasteiger partial charge in [-0.15, -0.1) is 6.58 Å². The van der Waals surface area contributed by atoms with E-state index in [2.05, 4.69) is 16.9 Å². The molecule has 0 bridgehead atoms. The lowest BCUT2D eigenvalue weighted by Crippen LogP contribution is -2.41. The molecule has 0 unspecified atom stereocenters. The maximum absolute atomic E-state index is 12.0.